The SMILES string of the molecule is COC(=O)c1cccc(NC(=O)CCCN(c2cccc([N+](=O)[O-])c2)S(C)(=O)=O)c1C. The van der Waals surface area contributed by atoms with Gasteiger partial charge in [0.05, 0.1) is 29.5 Å². The van der Waals surface area contributed by atoms with Crippen molar-refractivity contribution in [2.24, 2.45) is 0 Å². The number of amides is 1. The summed E-state index contributed by atoms with van der Waals surface area (Å²) in [5.74, 6) is -0.882. The molecular formula is C20H23N3O7S. The number of hydrogen-bond acceptors (Lipinski definition) is 7. The van der Waals surface area contributed by atoms with Crippen LogP contribution in [-0.2, 0) is 19.6 Å². The third kappa shape index (κ3) is 6.25. The Morgan fingerprint density at radius 1 is 1.19 bits per heavy atom. The number of hydrogen-bond donors (Lipinski definition) is 1. The fourth-order valence-corrected chi connectivity index (χ4v) is 3.90. The lowest BCUT2D eigenvalue weighted by atomic mass is 10.1. The Labute approximate surface area is 180 Å². The zero-order valence-electron chi connectivity index (χ0n) is 17.3. The second-order valence-corrected chi connectivity index (χ2v) is 8.64. The van der Waals surface area contributed by atoms with E-state index < -0.39 is 20.9 Å². The molecule has 0 bridgehead atoms. The number of sulfonamides is 1. The molecule has 0 aliphatic carbocycles. The second-order valence-electron chi connectivity index (χ2n) is 6.73. The molecule has 0 unspecified atom stereocenters. The van der Waals surface area contributed by atoms with Crippen molar-refractivity contribution >= 4 is 39.0 Å². The molecular weight excluding hydrogens is 426 g/mol. The first-order valence-electron chi connectivity index (χ1n) is 9.24. The third-order valence-corrected chi connectivity index (χ3v) is 5.70. The van der Waals surface area contributed by atoms with E-state index in [9.17, 15) is 28.1 Å². The van der Waals surface area contributed by atoms with Crippen molar-refractivity contribution < 1.29 is 27.7 Å². The molecule has 10 nitrogen and oxygen atoms in total. The number of rotatable bonds is 9. The molecule has 1 amide bonds. The summed E-state index contributed by atoms with van der Waals surface area (Å²) >= 11 is 0. The average Bonchev–Trinajstić information content (AvgIpc) is 2.71. The molecule has 0 aliphatic heterocycles. The number of nitrogens with one attached hydrogen (secondary N) is 1. The molecule has 0 aromatic heterocycles. The molecule has 11 heteroatoms. The molecule has 2 aromatic carbocycles. The van der Waals surface area contributed by atoms with Crippen LogP contribution in [0, 0.1) is 17.0 Å². The van der Waals surface area contributed by atoms with Gasteiger partial charge in [0.1, 0.15) is 0 Å². The molecule has 0 saturated heterocycles. The van der Waals surface area contributed by atoms with Gasteiger partial charge in [0.15, 0.2) is 0 Å². The summed E-state index contributed by atoms with van der Waals surface area (Å²) in [5, 5.41) is 13.7. The fourth-order valence-electron chi connectivity index (χ4n) is 2.95. The number of ether oxygens (including phenoxy) is 1. The minimum atomic E-state index is -3.71. The zero-order chi connectivity index (χ0) is 23.2. The number of non-ortho nitro benzene ring substituents is 1. The van der Waals surface area contributed by atoms with E-state index in [1.807, 2.05) is 0 Å². The molecule has 0 saturated carbocycles. The van der Waals surface area contributed by atoms with Crippen molar-refractivity contribution in [2.45, 2.75) is 19.8 Å². The van der Waals surface area contributed by atoms with Gasteiger partial charge in [0, 0.05) is 30.8 Å². The van der Waals surface area contributed by atoms with Gasteiger partial charge >= 0.3 is 5.97 Å². The van der Waals surface area contributed by atoms with E-state index in [0.29, 0.717) is 16.8 Å². The molecule has 166 valence electrons. The Morgan fingerprint density at radius 3 is 2.48 bits per heavy atom. The highest BCUT2D eigenvalue weighted by Gasteiger charge is 2.20. The number of nitro benzene ring substituents is 1. The van der Waals surface area contributed by atoms with Crippen LogP contribution in [0.25, 0.3) is 0 Å². The maximum atomic E-state index is 12.3. The highest BCUT2D eigenvalue weighted by molar-refractivity contribution is 7.92. The van der Waals surface area contributed by atoms with Gasteiger partial charge < -0.3 is 10.1 Å². The quantitative estimate of drug-likeness (QED) is 0.353. The number of carbonyl (C=O) groups excluding carboxylic acids is 2. The van der Waals surface area contributed by atoms with Crippen LogP contribution in [0.3, 0.4) is 0 Å². The summed E-state index contributed by atoms with van der Waals surface area (Å²) in [7, 11) is -2.45. The molecule has 0 heterocycles. The topological polar surface area (TPSA) is 136 Å². The summed E-state index contributed by atoms with van der Waals surface area (Å²) in [6, 6.07) is 10.1. The van der Waals surface area contributed by atoms with E-state index in [2.05, 4.69) is 5.32 Å². The van der Waals surface area contributed by atoms with Crippen molar-refractivity contribution in [2.75, 3.05) is 29.5 Å². The van der Waals surface area contributed by atoms with Crippen LogP contribution in [0.15, 0.2) is 42.5 Å². The Bertz CT molecular complexity index is 1100. The standard InChI is InChI=1S/C20H23N3O7S/c1-14-17(20(25)30-2)9-5-10-18(14)21-19(24)11-6-12-22(31(3,28)29)15-7-4-8-16(13-15)23(26)27/h4-5,7-10,13H,6,11-12H2,1-3H3,(H,21,24). The van der Waals surface area contributed by atoms with E-state index in [1.165, 1.54) is 31.4 Å². The van der Waals surface area contributed by atoms with E-state index >= 15 is 0 Å². The second kappa shape index (κ2) is 10.0. The number of methoxy groups -OCH3 is 1. The van der Waals surface area contributed by atoms with Crippen molar-refractivity contribution in [3.05, 3.63) is 63.7 Å². The monoisotopic (exact) mass is 449 g/mol. The number of nitro groups is 1. The van der Waals surface area contributed by atoms with Gasteiger partial charge in [-0.15, -0.1) is 0 Å². The number of anilines is 2. The van der Waals surface area contributed by atoms with Crippen molar-refractivity contribution in [1.29, 1.82) is 0 Å². The molecule has 2 rings (SSSR count). The highest BCUT2D eigenvalue weighted by atomic mass is 32.2. The van der Waals surface area contributed by atoms with Gasteiger partial charge in [-0.2, -0.15) is 0 Å². The summed E-state index contributed by atoms with van der Waals surface area (Å²) in [4.78, 5) is 34.5. The van der Waals surface area contributed by atoms with Gasteiger partial charge in [-0.25, -0.2) is 13.2 Å². The Hall–Kier alpha value is -3.47. The number of benzene rings is 2. The van der Waals surface area contributed by atoms with Crippen molar-refractivity contribution in [3.8, 4) is 0 Å². The maximum absolute atomic E-state index is 12.3. The van der Waals surface area contributed by atoms with Crippen LogP contribution in [0.1, 0.15) is 28.8 Å². The first-order chi connectivity index (χ1) is 14.5. The first kappa shape index (κ1) is 23.8. The Kier molecular flexibility index (Phi) is 7.70. The normalized spacial score (nSPS) is 10.9. The van der Waals surface area contributed by atoms with Crippen molar-refractivity contribution in [1.82, 2.24) is 0 Å². The largest absolute Gasteiger partial charge is 0.465 e. The summed E-state index contributed by atoms with van der Waals surface area (Å²) in [6.45, 7) is 1.64. The van der Waals surface area contributed by atoms with Gasteiger partial charge in [-0.05, 0) is 37.1 Å². The number of esters is 1. The summed E-state index contributed by atoms with van der Waals surface area (Å²) in [5.41, 5.74) is 1.25. The van der Waals surface area contributed by atoms with Crippen LogP contribution >= 0.6 is 0 Å². The van der Waals surface area contributed by atoms with Crippen molar-refractivity contribution in [3.63, 3.8) is 0 Å². The number of carbonyl (C=O) groups is 2. The molecule has 0 spiro atoms. The zero-order valence-corrected chi connectivity index (χ0v) is 18.1. The van der Waals surface area contributed by atoms with E-state index in [0.717, 1.165) is 10.6 Å². The molecule has 0 radical (unpaired) electrons. The number of nitrogens with zero attached hydrogens (tertiary/aromatic N) is 2. The van der Waals surface area contributed by atoms with Gasteiger partial charge in [-0.1, -0.05) is 12.1 Å². The molecule has 2 aromatic rings. The van der Waals surface area contributed by atoms with Crippen LogP contribution in [0.2, 0.25) is 0 Å². The van der Waals surface area contributed by atoms with E-state index in [1.54, 1.807) is 25.1 Å². The Balaban J connectivity index is 2.07. The lowest BCUT2D eigenvalue weighted by Crippen LogP contribution is -2.31. The average molecular weight is 449 g/mol. The molecule has 0 aliphatic rings. The van der Waals surface area contributed by atoms with E-state index in [-0.39, 0.29) is 36.7 Å². The molecule has 1 N–H and O–H groups in total. The molecule has 0 atom stereocenters. The smallest absolute Gasteiger partial charge is 0.338 e. The maximum Gasteiger partial charge on any atom is 0.338 e. The van der Waals surface area contributed by atoms with E-state index in [4.69, 9.17) is 4.74 Å². The van der Waals surface area contributed by atoms with Gasteiger partial charge in [0.2, 0.25) is 15.9 Å². The predicted octanol–water partition coefficient (Wildman–Crippen LogP) is 2.87. The minimum Gasteiger partial charge on any atom is -0.465 e. The third-order valence-electron chi connectivity index (χ3n) is 4.51. The molecule has 0 fully saturated rings. The van der Waals surface area contributed by atoms with Crippen LogP contribution in [-0.4, -0.2) is 45.1 Å². The predicted molar refractivity (Wildman–Crippen MR) is 116 cm³/mol. The summed E-state index contributed by atoms with van der Waals surface area (Å²) < 4.78 is 30.1. The van der Waals surface area contributed by atoms with Crippen LogP contribution < -0.4 is 9.62 Å². The van der Waals surface area contributed by atoms with Gasteiger partial charge in [0.25, 0.3) is 5.69 Å². The first-order valence-corrected chi connectivity index (χ1v) is 11.1. The van der Waals surface area contributed by atoms with Crippen LogP contribution in [0.4, 0.5) is 17.1 Å². The summed E-state index contributed by atoms with van der Waals surface area (Å²) in [6.07, 6.45) is 1.17. The Morgan fingerprint density at radius 2 is 1.87 bits per heavy atom. The van der Waals surface area contributed by atoms with Crippen LogP contribution in [0.5, 0.6) is 0 Å². The lowest BCUT2D eigenvalue weighted by Gasteiger charge is -2.22. The molecule has 31 heavy (non-hydrogen) atoms. The lowest BCUT2D eigenvalue weighted by molar-refractivity contribution is -0.384. The minimum absolute atomic E-state index is 0.00282. The van der Waals surface area contributed by atoms with Gasteiger partial charge in [-0.3, -0.25) is 19.2 Å². The fraction of sp³-hybridized carbons (Fsp3) is 0.300. The highest BCUT2D eigenvalue weighted by Crippen LogP contribution is 2.24.